The molecular formula is C12H12F3NO. The average Bonchev–Trinajstić information content (AvgIpc) is 2.24. The highest BCUT2D eigenvalue weighted by Crippen LogP contribution is 2.29. The van der Waals surface area contributed by atoms with Gasteiger partial charge < -0.3 is 4.74 Å². The predicted molar refractivity (Wildman–Crippen MR) is 59.8 cm³/mol. The number of aliphatic imine (C=N–C) groups is 1. The molecule has 0 N–H and O–H groups in total. The van der Waals surface area contributed by atoms with Crippen LogP contribution in [0.2, 0.25) is 0 Å². The molecule has 0 saturated carbocycles. The Morgan fingerprint density at radius 1 is 1.24 bits per heavy atom. The van der Waals surface area contributed by atoms with E-state index in [0.717, 1.165) is 12.1 Å². The summed E-state index contributed by atoms with van der Waals surface area (Å²) < 4.78 is 42.2. The third kappa shape index (κ3) is 3.62. The summed E-state index contributed by atoms with van der Waals surface area (Å²) in [4.78, 5) is 3.84. The Bertz CT molecular complexity index is 432. The molecule has 0 saturated heterocycles. The van der Waals surface area contributed by atoms with Crippen LogP contribution in [0.4, 0.5) is 13.2 Å². The standard InChI is InChI=1S/C12H12F3NO/c1-8(2)17-11(16-3)9-4-6-10(7-5-9)12(13,14)15/h4-7H,1H2,2-3H3. The number of benzene rings is 1. The van der Waals surface area contributed by atoms with Gasteiger partial charge in [-0.15, -0.1) is 0 Å². The van der Waals surface area contributed by atoms with Crippen LogP contribution in [0.25, 0.3) is 0 Å². The van der Waals surface area contributed by atoms with Gasteiger partial charge in [-0.1, -0.05) is 6.58 Å². The quantitative estimate of drug-likeness (QED) is 0.441. The van der Waals surface area contributed by atoms with Crippen LogP contribution in [0.5, 0.6) is 0 Å². The molecule has 0 aliphatic rings. The predicted octanol–water partition coefficient (Wildman–Crippen LogP) is 3.63. The van der Waals surface area contributed by atoms with E-state index >= 15 is 0 Å². The van der Waals surface area contributed by atoms with Crippen molar-refractivity contribution in [1.82, 2.24) is 0 Å². The molecule has 2 nitrogen and oxygen atoms in total. The molecule has 0 heterocycles. The second-order valence-electron chi connectivity index (χ2n) is 3.41. The third-order valence-electron chi connectivity index (χ3n) is 1.93. The van der Waals surface area contributed by atoms with Crippen molar-refractivity contribution in [3.63, 3.8) is 0 Å². The topological polar surface area (TPSA) is 21.6 Å². The largest absolute Gasteiger partial charge is 0.444 e. The van der Waals surface area contributed by atoms with E-state index in [9.17, 15) is 13.2 Å². The van der Waals surface area contributed by atoms with Crippen LogP contribution in [0.3, 0.4) is 0 Å². The Balaban J connectivity index is 2.98. The molecule has 0 amide bonds. The first-order valence-electron chi connectivity index (χ1n) is 4.82. The van der Waals surface area contributed by atoms with Crippen molar-refractivity contribution >= 4 is 5.90 Å². The zero-order valence-corrected chi connectivity index (χ0v) is 9.51. The Labute approximate surface area is 97.4 Å². The van der Waals surface area contributed by atoms with Crippen molar-refractivity contribution in [1.29, 1.82) is 0 Å². The summed E-state index contributed by atoms with van der Waals surface area (Å²) in [5, 5.41) is 0. The number of alkyl halides is 3. The number of halogens is 3. The van der Waals surface area contributed by atoms with Crippen LogP contribution in [0.15, 0.2) is 41.6 Å². The fourth-order valence-electron chi connectivity index (χ4n) is 1.20. The van der Waals surface area contributed by atoms with Gasteiger partial charge in [-0.25, -0.2) is 0 Å². The fourth-order valence-corrected chi connectivity index (χ4v) is 1.20. The molecule has 5 heteroatoms. The highest BCUT2D eigenvalue weighted by Gasteiger charge is 2.30. The maximum Gasteiger partial charge on any atom is 0.416 e. The van der Waals surface area contributed by atoms with E-state index in [1.54, 1.807) is 6.92 Å². The monoisotopic (exact) mass is 243 g/mol. The summed E-state index contributed by atoms with van der Waals surface area (Å²) in [5.41, 5.74) is -0.226. The van der Waals surface area contributed by atoms with E-state index in [0.29, 0.717) is 11.3 Å². The Morgan fingerprint density at radius 3 is 2.12 bits per heavy atom. The van der Waals surface area contributed by atoms with Crippen molar-refractivity contribution < 1.29 is 17.9 Å². The molecule has 0 aliphatic heterocycles. The lowest BCUT2D eigenvalue weighted by Crippen LogP contribution is -2.08. The molecule has 0 fully saturated rings. The van der Waals surface area contributed by atoms with E-state index < -0.39 is 11.7 Å². The average molecular weight is 243 g/mol. The van der Waals surface area contributed by atoms with E-state index in [-0.39, 0.29) is 5.90 Å². The van der Waals surface area contributed by atoms with Gasteiger partial charge in [-0.05, 0) is 31.2 Å². The van der Waals surface area contributed by atoms with Crippen LogP contribution >= 0.6 is 0 Å². The SMILES string of the molecule is C=C(C)OC(=NC)c1ccc(C(F)(F)F)cc1. The first-order valence-corrected chi connectivity index (χ1v) is 4.82. The normalized spacial score (nSPS) is 12.4. The van der Waals surface area contributed by atoms with E-state index in [1.807, 2.05) is 0 Å². The summed E-state index contributed by atoms with van der Waals surface area (Å²) in [6, 6.07) is 4.60. The number of rotatable bonds is 2. The lowest BCUT2D eigenvalue weighted by atomic mass is 10.1. The minimum absolute atomic E-state index is 0.242. The highest BCUT2D eigenvalue weighted by molar-refractivity contribution is 5.94. The molecule has 0 aliphatic carbocycles. The summed E-state index contributed by atoms with van der Waals surface area (Å²) in [7, 11) is 1.50. The van der Waals surface area contributed by atoms with Gasteiger partial charge in [0.1, 0.15) is 0 Å². The molecule has 1 aromatic carbocycles. The second-order valence-corrected chi connectivity index (χ2v) is 3.41. The van der Waals surface area contributed by atoms with Crippen LogP contribution in [-0.2, 0) is 10.9 Å². The Morgan fingerprint density at radius 2 is 1.76 bits per heavy atom. The minimum atomic E-state index is -4.34. The lowest BCUT2D eigenvalue weighted by molar-refractivity contribution is -0.137. The van der Waals surface area contributed by atoms with E-state index in [2.05, 4.69) is 11.6 Å². The Kier molecular flexibility index (Phi) is 3.93. The van der Waals surface area contributed by atoms with Gasteiger partial charge in [0.05, 0.1) is 11.3 Å². The highest BCUT2D eigenvalue weighted by atomic mass is 19.4. The van der Waals surface area contributed by atoms with Gasteiger partial charge in [0.25, 0.3) is 0 Å². The maximum absolute atomic E-state index is 12.3. The van der Waals surface area contributed by atoms with Crippen molar-refractivity contribution in [3.05, 3.63) is 47.7 Å². The number of hydrogen-bond donors (Lipinski definition) is 0. The fraction of sp³-hybridized carbons (Fsp3) is 0.250. The van der Waals surface area contributed by atoms with Gasteiger partial charge in [-0.3, -0.25) is 4.99 Å². The second kappa shape index (κ2) is 5.03. The van der Waals surface area contributed by atoms with Crippen LogP contribution in [0.1, 0.15) is 18.1 Å². The zero-order chi connectivity index (χ0) is 13.1. The summed E-state index contributed by atoms with van der Waals surface area (Å²) in [6.07, 6.45) is -4.34. The van der Waals surface area contributed by atoms with Crippen molar-refractivity contribution in [2.75, 3.05) is 7.05 Å². The summed E-state index contributed by atoms with van der Waals surface area (Å²) in [6.45, 7) is 5.18. The maximum atomic E-state index is 12.3. The van der Waals surface area contributed by atoms with Gasteiger partial charge in [0, 0.05) is 12.6 Å². The first kappa shape index (κ1) is 13.3. The summed E-state index contributed by atoms with van der Waals surface area (Å²) in [5.74, 6) is 0.664. The molecule has 0 bridgehead atoms. The smallest absolute Gasteiger partial charge is 0.416 e. The van der Waals surface area contributed by atoms with Crippen LogP contribution < -0.4 is 0 Å². The molecule has 92 valence electrons. The first-order chi connectivity index (χ1) is 7.84. The number of hydrogen-bond acceptors (Lipinski definition) is 2. The molecule has 0 atom stereocenters. The number of allylic oxidation sites excluding steroid dienone is 1. The lowest BCUT2D eigenvalue weighted by Gasteiger charge is -2.10. The zero-order valence-electron chi connectivity index (χ0n) is 9.51. The number of nitrogens with zero attached hydrogens (tertiary/aromatic N) is 1. The molecule has 0 unspecified atom stereocenters. The van der Waals surface area contributed by atoms with Crippen LogP contribution in [-0.4, -0.2) is 12.9 Å². The summed E-state index contributed by atoms with van der Waals surface area (Å²) >= 11 is 0. The third-order valence-corrected chi connectivity index (χ3v) is 1.93. The Hall–Kier alpha value is -1.78. The molecule has 1 rings (SSSR count). The van der Waals surface area contributed by atoms with E-state index in [1.165, 1.54) is 19.2 Å². The molecule has 0 spiro atoms. The molecule has 1 aromatic rings. The van der Waals surface area contributed by atoms with Crippen molar-refractivity contribution in [3.8, 4) is 0 Å². The molecule has 0 radical (unpaired) electrons. The van der Waals surface area contributed by atoms with Gasteiger partial charge in [-0.2, -0.15) is 13.2 Å². The molecule has 17 heavy (non-hydrogen) atoms. The number of ether oxygens (including phenoxy) is 1. The molecule has 0 aromatic heterocycles. The van der Waals surface area contributed by atoms with Gasteiger partial charge in [0.15, 0.2) is 0 Å². The van der Waals surface area contributed by atoms with E-state index in [4.69, 9.17) is 4.74 Å². The van der Waals surface area contributed by atoms with Crippen LogP contribution in [0, 0.1) is 0 Å². The van der Waals surface area contributed by atoms with Gasteiger partial charge >= 0.3 is 6.18 Å². The molecular weight excluding hydrogens is 231 g/mol. The van der Waals surface area contributed by atoms with Gasteiger partial charge in [0.2, 0.25) is 5.90 Å². The van der Waals surface area contributed by atoms with Crippen molar-refractivity contribution in [2.24, 2.45) is 4.99 Å². The van der Waals surface area contributed by atoms with Crippen molar-refractivity contribution in [2.45, 2.75) is 13.1 Å². The minimum Gasteiger partial charge on any atom is -0.444 e.